The van der Waals surface area contributed by atoms with E-state index in [1.165, 1.54) is 0 Å². The molecular weight excluding hydrogens is 352 g/mol. The molecule has 3 amide bonds. The molecule has 0 unspecified atom stereocenters. The first-order valence-electron chi connectivity index (χ1n) is 8.93. The summed E-state index contributed by atoms with van der Waals surface area (Å²) >= 11 is 0. The molecule has 3 aromatic carbocycles. The monoisotopic (exact) mass is 370 g/mol. The summed E-state index contributed by atoms with van der Waals surface area (Å²) in [4.78, 5) is 39.2. The Morgan fingerprint density at radius 1 is 0.821 bits per heavy atom. The zero-order valence-electron chi connectivity index (χ0n) is 15.5. The third-order valence-corrected chi connectivity index (χ3v) is 5.01. The predicted octanol–water partition coefficient (Wildman–Crippen LogP) is 4.36. The maximum absolute atomic E-state index is 12.7. The first kappa shape index (κ1) is 17.7. The van der Waals surface area contributed by atoms with E-state index < -0.39 is 0 Å². The predicted molar refractivity (Wildman–Crippen MR) is 108 cm³/mol. The van der Waals surface area contributed by atoms with Gasteiger partial charge in [0.1, 0.15) is 0 Å². The standard InChI is InChI=1S/C23H18N2O3/c1-14-7-5-12-20(15(14)2)24-21(26)16-8-6-9-17(13-16)25-22(27)18-10-3-4-11-19(18)23(25)28/h3-13H,1-2H3,(H,24,26). The summed E-state index contributed by atoms with van der Waals surface area (Å²) in [5.41, 5.74) is 4.30. The molecule has 0 atom stereocenters. The molecule has 1 heterocycles. The first-order chi connectivity index (χ1) is 13.5. The van der Waals surface area contributed by atoms with E-state index in [0.29, 0.717) is 22.4 Å². The van der Waals surface area contributed by atoms with Crippen LogP contribution in [0, 0.1) is 13.8 Å². The number of carbonyl (C=O) groups excluding carboxylic acids is 3. The largest absolute Gasteiger partial charge is 0.322 e. The van der Waals surface area contributed by atoms with Crippen LogP contribution in [0.5, 0.6) is 0 Å². The minimum atomic E-state index is -0.382. The van der Waals surface area contributed by atoms with Gasteiger partial charge in [-0.1, -0.05) is 30.3 Å². The smallest absolute Gasteiger partial charge is 0.266 e. The Morgan fingerprint density at radius 2 is 1.46 bits per heavy atom. The zero-order valence-corrected chi connectivity index (χ0v) is 15.5. The van der Waals surface area contributed by atoms with Gasteiger partial charge >= 0.3 is 0 Å². The molecule has 5 nitrogen and oxygen atoms in total. The van der Waals surface area contributed by atoms with Gasteiger partial charge in [0.15, 0.2) is 0 Å². The molecule has 0 spiro atoms. The van der Waals surface area contributed by atoms with Gasteiger partial charge in [-0.2, -0.15) is 0 Å². The van der Waals surface area contributed by atoms with Gasteiger partial charge in [-0.25, -0.2) is 4.90 Å². The normalized spacial score (nSPS) is 12.9. The highest BCUT2D eigenvalue weighted by Gasteiger charge is 2.36. The molecule has 0 saturated heterocycles. The lowest BCUT2D eigenvalue weighted by molar-refractivity contribution is 0.0924. The van der Waals surface area contributed by atoms with Gasteiger partial charge < -0.3 is 5.32 Å². The van der Waals surface area contributed by atoms with Gasteiger partial charge in [0.2, 0.25) is 0 Å². The van der Waals surface area contributed by atoms with Crippen molar-refractivity contribution in [2.45, 2.75) is 13.8 Å². The molecule has 4 rings (SSSR count). The SMILES string of the molecule is Cc1cccc(NC(=O)c2cccc(N3C(=O)c4ccccc4C3=O)c2)c1C. The van der Waals surface area contributed by atoms with Crippen LogP contribution in [-0.4, -0.2) is 17.7 Å². The van der Waals surface area contributed by atoms with E-state index in [1.54, 1.807) is 48.5 Å². The van der Waals surface area contributed by atoms with Crippen molar-refractivity contribution < 1.29 is 14.4 Å². The molecule has 3 aromatic rings. The highest BCUT2D eigenvalue weighted by molar-refractivity contribution is 6.34. The molecule has 28 heavy (non-hydrogen) atoms. The third kappa shape index (κ3) is 2.87. The molecule has 138 valence electrons. The van der Waals surface area contributed by atoms with Gasteiger partial charge in [0.05, 0.1) is 16.8 Å². The van der Waals surface area contributed by atoms with Crippen LogP contribution in [0.3, 0.4) is 0 Å². The number of carbonyl (C=O) groups is 3. The molecule has 0 bridgehead atoms. The molecule has 1 aliphatic rings. The minimum Gasteiger partial charge on any atom is -0.322 e. The molecule has 1 aliphatic heterocycles. The number of imide groups is 1. The summed E-state index contributed by atoms with van der Waals surface area (Å²) in [6.07, 6.45) is 0. The lowest BCUT2D eigenvalue weighted by Crippen LogP contribution is -2.29. The zero-order chi connectivity index (χ0) is 19.8. The van der Waals surface area contributed by atoms with E-state index >= 15 is 0 Å². The third-order valence-electron chi connectivity index (χ3n) is 5.01. The second-order valence-corrected chi connectivity index (χ2v) is 6.74. The topological polar surface area (TPSA) is 66.5 Å². The molecule has 5 heteroatoms. The number of anilines is 2. The summed E-state index contributed by atoms with van der Waals surface area (Å²) in [5.74, 6) is -1.06. The second-order valence-electron chi connectivity index (χ2n) is 6.74. The molecular formula is C23H18N2O3. The summed E-state index contributed by atoms with van der Waals surface area (Å²) in [6.45, 7) is 3.92. The minimum absolute atomic E-state index is 0.299. The maximum atomic E-state index is 12.7. The molecule has 0 radical (unpaired) electrons. The molecule has 0 saturated carbocycles. The average Bonchev–Trinajstić information content (AvgIpc) is 2.96. The van der Waals surface area contributed by atoms with E-state index in [1.807, 2.05) is 32.0 Å². The Hall–Kier alpha value is -3.73. The van der Waals surface area contributed by atoms with Gasteiger partial charge in [-0.15, -0.1) is 0 Å². The number of hydrogen-bond acceptors (Lipinski definition) is 3. The molecule has 0 fully saturated rings. The second kappa shape index (κ2) is 6.78. The number of rotatable bonds is 3. The van der Waals surface area contributed by atoms with Crippen LogP contribution in [0.1, 0.15) is 42.2 Å². The summed E-state index contributed by atoms with van der Waals surface area (Å²) in [5, 5.41) is 2.90. The van der Waals surface area contributed by atoms with E-state index in [-0.39, 0.29) is 17.7 Å². The number of nitrogens with zero attached hydrogens (tertiary/aromatic N) is 1. The molecule has 0 aliphatic carbocycles. The van der Waals surface area contributed by atoms with Crippen LogP contribution in [-0.2, 0) is 0 Å². The van der Waals surface area contributed by atoms with Crippen molar-refractivity contribution in [2.75, 3.05) is 10.2 Å². The van der Waals surface area contributed by atoms with Gasteiger partial charge in [0.25, 0.3) is 17.7 Å². The maximum Gasteiger partial charge on any atom is 0.266 e. The fraction of sp³-hybridized carbons (Fsp3) is 0.0870. The highest BCUT2D eigenvalue weighted by Crippen LogP contribution is 2.29. The van der Waals surface area contributed by atoms with Gasteiger partial charge in [-0.3, -0.25) is 14.4 Å². The summed E-state index contributed by atoms with van der Waals surface area (Å²) in [7, 11) is 0. The summed E-state index contributed by atoms with van der Waals surface area (Å²) in [6, 6.07) is 18.9. The van der Waals surface area contributed by atoms with Crippen LogP contribution in [0.2, 0.25) is 0 Å². The lowest BCUT2D eigenvalue weighted by Gasteiger charge is -2.15. The van der Waals surface area contributed by atoms with Crippen molar-refractivity contribution in [3.63, 3.8) is 0 Å². The van der Waals surface area contributed by atoms with Crippen LogP contribution in [0.15, 0.2) is 66.7 Å². The van der Waals surface area contributed by atoms with Crippen LogP contribution in [0.25, 0.3) is 0 Å². The highest BCUT2D eigenvalue weighted by atomic mass is 16.2. The van der Waals surface area contributed by atoms with E-state index in [4.69, 9.17) is 0 Å². The Labute approximate surface area is 162 Å². The van der Waals surface area contributed by atoms with Crippen LogP contribution in [0.4, 0.5) is 11.4 Å². The van der Waals surface area contributed by atoms with Crippen molar-refractivity contribution in [3.05, 3.63) is 94.5 Å². The van der Waals surface area contributed by atoms with E-state index in [2.05, 4.69) is 5.32 Å². The van der Waals surface area contributed by atoms with Crippen LogP contribution < -0.4 is 10.2 Å². The fourth-order valence-corrected chi connectivity index (χ4v) is 3.29. The lowest BCUT2D eigenvalue weighted by atomic mass is 10.1. The molecule has 0 aromatic heterocycles. The first-order valence-corrected chi connectivity index (χ1v) is 8.93. The van der Waals surface area contributed by atoms with Crippen molar-refractivity contribution in [3.8, 4) is 0 Å². The van der Waals surface area contributed by atoms with E-state index in [9.17, 15) is 14.4 Å². The Bertz CT molecular complexity index is 1100. The Kier molecular flexibility index (Phi) is 4.28. The van der Waals surface area contributed by atoms with Crippen molar-refractivity contribution in [1.82, 2.24) is 0 Å². The molecule has 1 N–H and O–H groups in total. The summed E-state index contributed by atoms with van der Waals surface area (Å²) < 4.78 is 0. The number of hydrogen-bond donors (Lipinski definition) is 1. The van der Waals surface area contributed by atoms with Crippen molar-refractivity contribution in [2.24, 2.45) is 0 Å². The van der Waals surface area contributed by atoms with Crippen molar-refractivity contribution in [1.29, 1.82) is 0 Å². The fourth-order valence-electron chi connectivity index (χ4n) is 3.29. The Morgan fingerprint density at radius 3 is 2.14 bits per heavy atom. The van der Waals surface area contributed by atoms with E-state index in [0.717, 1.165) is 21.7 Å². The number of nitrogens with one attached hydrogen (secondary N) is 1. The Balaban J connectivity index is 1.64. The van der Waals surface area contributed by atoms with Gasteiger partial charge in [0, 0.05) is 11.3 Å². The average molecular weight is 370 g/mol. The van der Waals surface area contributed by atoms with Gasteiger partial charge in [-0.05, 0) is 61.4 Å². The number of aryl methyl sites for hydroxylation is 1. The quantitative estimate of drug-likeness (QED) is 0.697. The number of benzene rings is 3. The number of amides is 3. The number of fused-ring (bicyclic) bond motifs is 1. The van der Waals surface area contributed by atoms with Crippen molar-refractivity contribution >= 4 is 29.1 Å². The van der Waals surface area contributed by atoms with Crippen LogP contribution >= 0.6 is 0 Å².